The van der Waals surface area contributed by atoms with Gasteiger partial charge in [0.15, 0.2) is 0 Å². The van der Waals surface area contributed by atoms with E-state index in [4.69, 9.17) is 4.74 Å². The van der Waals surface area contributed by atoms with Gasteiger partial charge in [-0.05, 0) is 14.0 Å². The Labute approximate surface area is 62.5 Å². The van der Waals surface area contributed by atoms with Gasteiger partial charge in [-0.15, -0.1) is 6.58 Å². The molecule has 0 aliphatic carbocycles. The van der Waals surface area contributed by atoms with Gasteiger partial charge in [0.05, 0.1) is 12.2 Å². The molecule has 1 rings (SSSR count). The number of hydrogen-bond donors (Lipinski definition) is 0. The first-order valence-electron chi connectivity index (χ1n) is 3.69. The smallest absolute Gasteiger partial charge is 0.0884 e. The molecule has 2 atom stereocenters. The average molecular weight is 141 g/mol. The summed E-state index contributed by atoms with van der Waals surface area (Å²) < 4.78 is 5.55. The number of hydrogen-bond acceptors (Lipinski definition) is 2. The highest BCUT2D eigenvalue weighted by molar-refractivity contribution is 4.86. The van der Waals surface area contributed by atoms with Gasteiger partial charge in [0.25, 0.3) is 0 Å². The van der Waals surface area contributed by atoms with Crippen molar-refractivity contribution in [1.82, 2.24) is 4.90 Å². The van der Waals surface area contributed by atoms with Crippen molar-refractivity contribution in [2.24, 2.45) is 0 Å². The van der Waals surface area contributed by atoms with Crippen LogP contribution in [-0.2, 0) is 4.74 Å². The zero-order valence-electron chi connectivity index (χ0n) is 6.71. The fraction of sp³-hybridized carbons (Fsp3) is 0.750. The summed E-state index contributed by atoms with van der Waals surface area (Å²) in [6, 6.07) is 0. The number of morpholine rings is 1. The van der Waals surface area contributed by atoms with Crippen LogP contribution < -0.4 is 0 Å². The van der Waals surface area contributed by atoms with E-state index in [-0.39, 0.29) is 6.10 Å². The van der Waals surface area contributed by atoms with Gasteiger partial charge in [0, 0.05) is 13.1 Å². The van der Waals surface area contributed by atoms with E-state index < -0.39 is 0 Å². The van der Waals surface area contributed by atoms with Gasteiger partial charge in [0.2, 0.25) is 0 Å². The van der Waals surface area contributed by atoms with E-state index in [2.05, 4.69) is 25.5 Å². The molecule has 1 aliphatic rings. The molecule has 0 radical (unpaired) electrons. The zero-order valence-corrected chi connectivity index (χ0v) is 6.71. The fourth-order valence-electron chi connectivity index (χ4n) is 1.34. The van der Waals surface area contributed by atoms with Crippen LogP contribution in [0.2, 0.25) is 0 Å². The van der Waals surface area contributed by atoms with E-state index in [1.807, 2.05) is 6.08 Å². The van der Waals surface area contributed by atoms with Gasteiger partial charge in [-0.2, -0.15) is 0 Å². The topological polar surface area (TPSA) is 12.5 Å². The molecule has 2 nitrogen and oxygen atoms in total. The minimum absolute atomic E-state index is 0.230. The molecular weight excluding hydrogens is 126 g/mol. The van der Waals surface area contributed by atoms with Gasteiger partial charge < -0.3 is 9.64 Å². The van der Waals surface area contributed by atoms with Gasteiger partial charge in [-0.25, -0.2) is 0 Å². The molecule has 0 bridgehead atoms. The summed E-state index contributed by atoms with van der Waals surface area (Å²) in [6.07, 6.45) is 2.45. The predicted octanol–water partition coefficient (Wildman–Crippen LogP) is 0.891. The Kier molecular flexibility index (Phi) is 2.46. The third-order valence-corrected chi connectivity index (χ3v) is 1.73. The minimum atomic E-state index is 0.230. The quantitative estimate of drug-likeness (QED) is 0.503. The van der Waals surface area contributed by atoms with E-state index >= 15 is 0 Å². The first kappa shape index (κ1) is 7.76. The Balaban J connectivity index is 2.42. The lowest BCUT2D eigenvalue weighted by molar-refractivity contribution is -0.0466. The third-order valence-electron chi connectivity index (χ3n) is 1.73. The van der Waals surface area contributed by atoms with Crippen molar-refractivity contribution in [1.29, 1.82) is 0 Å². The summed E-state index contributed by atoms with van der Waals surface area (Å²) in [7, 11) is 2.11. The highest BCUT2D eigenvalue weighted by Gasteiger charge is 2.19. The highest BCUT2D eigenvalue weighted by Crippen LogP contribution is 2.08. The normalized spacial score (nSPS) is 35.8. The summed E-state index contributed by atoms with van der Waals surface area (Å²) in [5.74, 6) is 0. The first-order valence-corrected chi connectivity index (χ1v) is 3.69. The van der Waals surface area contributed by atoms with Crippen LogP contribution in [0.25, 0.3) is 0 Å². The lowest BCUT2D eigenvalue weighted by Crippen LogP contribution is -2.43. The molecule has 0 N–H and O–H groups in total. The maximum Gasteiger partial charge on any atom is 0.0884 e. The average Bonchev–Trinajstić information content (AvgIpc) is 1.85. The summed E-state index contributed by atoms with van der Waals surface area (Å²) >= 11 is 0. The minimum Gasteiger partial charge on any atom is -0.369 e. The van der Waals surface area contributed by atoms with Crippen LogP contribution in [0.15, 0.2) is 12.7 Å². The van der Waals surface area contributed by atoms with Crippen molar-refractivity contribution in [3.8, 4) is 0 Å². The second-order valence-electron chi connectivity index (χ2n) is 2.94. The molecule has 0 aromatic carbocycles. The second-order valence-corrected chi connectivity index (χ2v) is 2.94. The SMILES string of the molecule is C=C[C@@H]1CN(C)C[C@H](C)O1. The molecule has 1 heterocycles. The lowest BCUT2D eigenvalue weighted by atomic mass is 10.2. The van der Waals surface area contributed by atoms with Crippen molar-refractivity contribution in [3.05, 3.63) is 12.7 Å². The van der Waals surface area contributed by atoms with E-state index in [1.165, 1.54) is 0 Å². The molecule has 0 aromatic heterocycles. The number of likely N-dealkylation sites (N-methyl/N-ethyl adjacent to an activating group) is 1. The summed E-state index contributed by atoms with van der Waals surface area (Å²) in [4.78, 5) is 2.26. The van der Waals surface area contributed by atoms with Crippen LogP contribution in [0.5, 0.6) is 0 Å². The van der Waals surface area contributed by atoms with Crippen molar-refractivity contribution >= 4 is 0 Å². The molecule has 1 fully saturated rings. The Bertz CT molecular complexity index is 114. The Morgan fingerprint density at radius 2 is 2.30 bits per heavy atom. The van der Waals surface area contributed by atoms with Gasteiger partial charge in [-0.1, -0.05) is 6.08 Å². The van der Waals surface area contributed by atoms with Crippen molar-refractivity contribution in [2.75, 3.05) is 20.1 Å². The second kappa shape index (κ2) is 3.17. The molecular formula is C8H15NO. The van der Waals surface area contributed by atoms with E-state index in [9.17, 15) is 0 Å². The standard InChI is InChI=1S/C8H15NO/c1-4-8-6-9(3)5-7(2)10-8/h4,7-8H,1,5-6H2,2-3H3/t7-,8+/m0/s1. The molecule has 0 unspecified atom stereocenters. The van der Waals surface area contributed by atoms with Crippen LogP contribution in [0, 0.1) is 0 Å². The summed E-state index contributed by atoms with van der Waals surface area (Å²) in [5.41, 5.74) is 0. The highest BCUT2D eigenvalue weighted by atomic mass is 16.5. The first-order chi connectivity index (χ1) is 4.72. The third kappa shape index (κ3) is 1.82. The molecule has 2 heteroatoms. The maximum atomic E-state index is 5.55. The van der Waals surface area contributed by atoms with Crippen LogP contribution in [-0.4, -0.2) is 37.2 Å². The maximum absolute atomic E-state index is 5.55. The van der Waals surface area contributed by atoms with Crippen molar-refractivity contribution in [2.45, 2.75) is 19.1 Å². The largest absolute Gasteiger partial charge is 0.369 e. The molecule has 58 valence electrons. The Morgan fingerprint density at radius 1 is 1.60 bits per heavy atom. The van der Waals surface area contributed by atoms with Crippen molar-refractivity contribution in [3.63, 3.8) is 0 Å². The molecule has 1 aliphatic heterocycles. The molecule has 10 heavy (non-hydrogen) atoms. The van der Waals surface area contributed by atoms with Gasteiger partial charge >= 0.3 is 0 Å². The van der Waals surface area contributed by atoms with Crippen molar-refractivity contribution < 1.29 is 4.74 Å². The predicted molar refractivity (Wildman–Crippen MR) is 42.0 cm³/mol. The van der Waals surface area contributed by atoms with Crippen LogP contribution in [0.4, 0.5) is 0 Å². The summed E-state index contributed by atoms with van der Waals surface area (Å²) in [5, 5.41) is 0. The Morgan fingerprint density at radius 3 is 2.80 bits per heavy atom. The van der Waals surface area contributed by atoms with Gasteiger partial charge in [0.1, 0.15) is 0 Å². The molecule has 0 spiro atoms. The van der Waals surface area contributed by atoms with Gasteiger partial charge in [-0.3, -0.25) is 0 Å². The summed E-state index contributed by atoms with van der Waals surface area (Å²) in [6.45, 7) is 7.80. The number of nitrogens with zero attached hydrogens (tertiary/aromatic N) is 1. The molecule has 0 saturated carbocycles. The number of rotatable bonds is 1. The lowest BCUT2D eigenvalue weighted by Gasteiger charge is -2.32. The monoisotopic (exact) mass is 141 g/mol. The molecule has 0 amide bonds. The van der Waals surface area contributed by atoms with Crippen LogP contribution >= 0.6 is 0 Å². The fourth-order valence-corrected chi connectivity index (χ4v) is 1.34. The van der Waals surface area contributed by atoms with Crippen LogP contribution in [0.3, 0.4) is 0 Å². The zero-order chi connectivity index (χ0) is 7.56. The van der Waals surface area contributed by atoms with E-state index in [0.717, 1.165) is 13.1 Å². The Hall–Kier alpha value is -0.340. The van der Waals surface area contributed by atoms with E-state index in [1.54, 1.807) is 0 Å². The van der Waals surface area contributed by atoms with E-state index in [0.29, 0.717) is 6.10 Å². The molecule has 1 saturated heterocycles. The number of ether oxygens (including phenoxy) is 1. The van der Waals surface area contributed by atoms with Crippen LogP contribution in [0.1, 0.15) is 6.92 Å². The molecule has 0 aromatic rings.